The Morgan fingerprint density at radius 2 is 2.04 bits per heavy atom. The fourth-order valence-corrected chi connectivity index (χ4v) is 4.94. The van der Waals surface area contributed by atoms with Crippen LogP contribution in [0.3, 0.4) is 0 Å². The van der Waals surface area contributed by atoms with E-state index in [0.717, 1.165) is 47.8 Å². The third kappa shape index (κ3) is 2.06. The Morgan fingerprint density at radius 1 is 1.31 bits per heavy atom. The Bertz CT molecular complexity index is 1010. The molecular weight excluding hydrogens is 331 g/mol. The summed E-state index contributed by atoms with van der Waals surface area (Å²) in [6.45, 7) is 5.45. The highest BCUT2D eigenvalue weighted by Gasteiger charge is 2.57. The molecule has 6 heteroatoms. The molecule has 26 heavy (non-hydrogen) atoms. The molecule has 0 spiro atoms. The summed E-state index contributed by atoms with van der Waals surface area (Å²) >= 11 is 0. The predicted molar refractivity (Wildman–Crippen MR) is 101 cm³/mol. The summed E-state index contributed by atoms with van der Waals surface area (Å²) in [5, 5.41) is 0.780. The van der Waals surface area contributed by atoms with Crippen molar-refractivity contribution in [3.8, 4) is 0 Å². The van der Waals surface area contributed by atoms with Crippen LogP contribution in [0, 0.1) is 25.6 Å². The standard InChI is InChI=1S/C20H25FN4O/c1-10-15(7-22)14-5-16(21)18(24-8-12-6-20(12,23)9-24)11(2)17(14)25(19(10)26)13-3-4-13/h5,12-13H,3-4,6-9,22-23H2,1-2H3. The van der Waals surface area contributed by atoms with E-state index in [-0.39, 0.29) is 29.5 Å². The highest BCUT2D eigenvalue weighted by molar-refractivity contribution is 5.91. The average Bonchev–Trinajstić information content (AvgIpc) is 3.48. The van der Waals surface area contributed by atoms with Crippen LogP contribution >= 0.6 is 0 Å². The van der Waals surface area contributed by atoms with Crippen molar-refractivity contribution in [1.82, 2.24) is 4.57 Å². The molecule has 1 aromatic heterocycles. The average molecular weight is 356 g/mol. The molecule has 2 atom stereocenters. The van der Waals surface area contributed by atoms with Crippen molar-refractivity contribution in [1.29, 1.82) is 0 Å². The second-order valence-corrected chi connectivity index (χ2v) is 8.46. The lowest BCUT2D eigenvalue weighted by atomic mass is 9.99. The van der Waals surface area contributed by atoms with E-state index < -0.39 is 0 Å². The number of nitrogens with two attached hydrogens (primary N) is 2. The highest BCUT2D eigenvalue weighted by atomic mass is 19.1. The van der Waals surface area contributed by atoms with Gasteiger partial charge in [0.05, 0.1) is 11.2 Å². The Labute approximate surface area is 151 Å². The fourth-order valence-electron chi connectivity index (χ4n) is 4.94. The first-order valence-electron chi connectivity index (χ1n) is 9.46. The molecule has 2 heterocycles. The number of benzene rings is 1. The van der Waals surface area contributed by atoms with Gasteiger partial charge in [-0.2, -0.15) is 0 Å². The zero-order valence-corrected chi connectivity index (χ0v) is 15.3. The van der Waals surface area contributed by atoms with Crippen molar-refractivity contribution < 1.29 is 4.39 Å². The zero-order chi connectivity index (χ0) is 18.4. The van der Waals surface area contributed by atoms with Crippen LogP contribution in [0.4, 0.5) is 10.1 Å². The van der Waals surface area contributed by atoms with Gasteiger partial charge in [-0.05, 0) is 56.2 Å². The quantitative estimate of drug-likeness (QED) is 0.883. The summed E-state index contributed by atoms with van der Waals surface area (Å²) in [5.41, 5.74) is 15.8. The molecule has 1 aliphatic heterocycles. The van der Waals surface area contributed by atoms with Gasteiger partial charge in [-0.25, -0.2) is 4.39 Å². The maximum atomic E-state index is 15.2. The van der Waals surface area contributed by atoms with Crippen LogP contribution < -0.4 is 21.9 Å². The van der Waals surface area contributed by atoms with E-state index in [9.17, 15) is 4.79 Å². The minimum atomic E-state index is -0.241. The molecule has 1 saturated heterocycles. The number of aromatic nitrogens is 1. The minimum Gasteiger partial charge on any atom is -0.367 e. The number of halogens is 1. The molecule has 4 N–H and O–H groups in total. The van der Waals surface area contributed by atoms with Crippen LogP contribution in [0.15, 0.2) is 10.9 Å². The fraction of sp³-hybridized carbons (Fsp3) is 0.550. The summed E-state index contributed by atoms with van der Waals surface area (Å²) in [7, 11) is 0. The maximum Gasteiger partial charge on any atom is 0.254 e. The third-order valence-corrected chi connectivity index (χ3v) is 6.66. The van der Waals surface area contributed by atoms with E-state index in [1.807, 2.05) is 11.5 Å². The van der Waals surface area contributed by atoms with Gasteiger partial charge in [-0.1, -0.05) is 0 Å². The molecule has 0 radical (unpaired) electrons. The van der Waals surface area contributed by atoms with Gasteiger partial charge in [0.2, 0.25) is 0 Å². The molecule has 3 aliphatic rings. The number of pyridine rings is 1. The number of anilines is 1. The van der Waals surface area contributed by atoms with Gasteiger partial charge in [-0.15, -0.1) is 0 Å². The van der Waals surface area contributed by atoms with E-state index >= 15 is 4.39 Å². The van der Waals surface area contributed by atoms with E-state index in [1.54, 1.807) is 13.0 Å². The molecule has 2 aromatic rings. The van der Waals surface area contributed by atoms with Crippen molar-refractivity contribution in [2.24, 2.45) is 17.4 Å². The summed E-state index contributed by atoms with van der Waals surface area (Å²) in [6, 6.07) is 1.80. The Balaban J connectivity index is 1.80. The van der Waals surface area contributed by atoms with Gasteiger partial charge in [0.1, 0.15) is 5.82 Å². The van der Waals surface area contributed by atoms with Crippen LogP contribution in [0.5, 0.6) is 0 Å². The van der Waals surface area contributed by atoms with Crippen molar-refractivity contribution in [3.63, 3.8) is 0 Å². The molecule has 5 rings (SSSR count). The normalized spacial score (nSPS) is 27.3. The number of hydrogen-bond donors (Lipinski definition) is 2. The van der Waals surface area contributed by atoms with Crippen LogP contribution in [0.2, 0.25) is 0 Å². The first-order chi connectivity index (χ1) is 12.4. The number of piperidine rings is 1. The van der Waals surface area contributed by atoms with Crippen molar-refractivity contribution in [2.45, 2.75) is 51.2 Å². The first kappa shape index (κ1) is 16.3. The second-order valence-electron chi connectivity index (χ2n) is 8.46. The largest absolute Gasteiger partial charge is 0.367 e. The molecule has 0 bridgehead atoms. The van der Waals surface area contributed by atoms with Gasteiger partial charge in [-0.3, -0.25) is 4.79 Å². The highest BCUT2D eigenvalue weighted by Crippen LogP contribution is 2.50. The summed E-state index contributed by atoms with van der Waals surface area (Å²) in [4.78, 5) is 15.1. The molecule has 0 amide bonds. The molecular formula is C20H25FN4O. The van der Waals surface area contributed by atoms with Gasteiger partial charge in [0.25, 0.3) is 5.56 Å². The predicted octanol–water partition coefficient (Wildman–Crippen LogP) is 2.09. The van der Waals surface area contributed by atoms with Crippen LogP contribution in [0.1, 0.15) is 42.0 Å². The number of fused-ring (bicyclic) bond motifs is 2. The molecule has 2 saturated carbocycles. The van der Waals surface area contributed by atoms with Crippen molar-refractivity contribution in [3.05, 3.63) is 38.9 Å². The Kier molecular flexibility index (Phi) is 3.18. The van der Waals surface area contributed by atoms with Crippen molar-refractivity contribution in [2.75, 3.05) is 18.0 Å². The van der Waals surface area contributed by atoms with Crippen LogP contribution in [0.25, 0.3) is 10.9 Å². The van der Waals surface area contributed by atoms with E-state index in [1.165, 1.54) is 0 Å². The molecule has 2 unspecified atom stereocenters. The Hall–Kier alpha value is -1.92. The maximum absolute atomic E-state index is 15.2. The van der Waals surface area contributed by atoms with E-state index in [2.05, 4.69) is 4.90 Å². The first-order valence-corrected chi connectivity index (χ1v) is 9.46. The molecule has 1 aromatic carbocycles. The minimum absolute atomic E-state index is 0.0145. The molecule has 3 fully saturated rings. The zero-order valence-electron chi connectivity index (χ0n) is 15.3. The number of rotatable bonds is 3. The van der Waals surface area contributed by atoms with Crippen LogP contribution in [-0.2, 0) is 6.54 Å². The summed E-state index contributed by atoms with van der Waals surface area (Å²) in [5.74, 6) is 0.218. The lowest BCUT2D eigenvalue weighted by molar-refractivity contribution is 0.615. The number of hydrogen-bond acceptors (Lipinski definition) is 4. The summed E-state index contributed by atoms with van der Waals surface area (Å²) < 4.78 is 17.1. The Morgan fingerprint density at radius 3 is 2.62 bits per heavy atom. The van der Waals surface area contributed by atoms with E-state index in [4.69, 9.17) is 11.5 Å². The van der Waals surface area contributed by atoms with Gasteiger partial charge in [0, 0.05) is 42.2 Å². The van der Waals surface area contributed by atoms with Gasteiger partial charge < -0.3 is 20.9 Å². The van der Waals surface area contributed by atoms with Gasteiger partial charge >= 0.3 is 0 Å². The second kappa shape index (κ2) is 5.08. The van der Waals surface area contributed by atoms with Gasteiger partial charge in [0.15, 0.2) is 0 Å². The lowest BCUT2D eigenvalue weighted by Gasteiger charge is -2.27. The molecule has 138 valence electrons. The topological polar surface area (TPSA) is 77.3 Å². The molecule has 2 aliphatic carbocycles. The molecule has 5 nitrogen and oxygen atoms in total. The smallest absolute Gasteiger partial charge is 0.254 e. The SMILES string of the molecule is Cc1c(CN)c2cc(F)c(N3CC4CC4(N)C3)c(C)c2n(C2CC2)c1=O. The number of aryl methyl sites for hydroxylation is 1. The lowest BCUT2D eigenvalue weighted by Crippen LogP contribution is -2.34. The van der Waals surface area contributed by atoms with Crippen LogP contribution in [-0.4, -0.2) is 23.2 Å². The van der Waals surface area contributed by atoms with Crippen molar-refractivity contribution >= 4 is 16.6 Å². The number of nitrogens with zero attached hydrogens (tertiary/aromatic N) is 2. The third-order valence-electron chi connectivity index (χ3n) is 6.66. The van der Waals surface area contributed by atoms with E-state index in [0.29, 0.717) is 23.7 Å². The monoisotopic (exact) mass is 356 g/mol. The summed E-state index contributed by atoms with van der Waals surface area (Å²) in [6.07, 6.45) is 3.03.